The third-order valence-electron chi connectivity index (χ3n) is 8.70. The first-order valence-electron chi connectivity index (χ1n) is 12.6. The summed E-state index contributed by atoms with van der Waals surface area (Å²) in [5.74, 6) is 2.11. The predicted molar refractivity (Wildman–Crippen MR) is 132 cm³/mol. The first kappa shape index (κ1) is 22.7. The number of hydrogen-bond donors (Lipinski definition) is 2. The van der Waals surface area contributed by atoms with Gasteiger partial charge in [-0.15, -0.1) is 0 Å². The summed E-state index contributed by atoms with van der Waals surface area (Å²) in [7, 11) is 1.87. The quantitative estimate of drug-likeness (QED) is 0.665. The Hall–Kier alpha value is -2.78. The molecule has 7 rings (SSSR count). The molecular formula is C25H34F2N8. The van der Waals surface area contributed by atoms with E-state index in [9.17, 15) is 8.78 Å². The van der Waals surface area contributed by atoms with Crippen LogP contribution in [0.5, 0.6) is 0 Å². The van der Waals surface area contributed by atoms with Gasteiger partial charge in [-0.3, -0.25) is 0 Å². The molecule has 5 heterocycles. The largest absolute Gasteiger partial charge is 0.373 e. The Bertz CT molecular complexity index is 1130. The zero-order chi connectivity index (χ0) is 24.7. The molecule has 0 amide bonds. The number of aromatic nitrogens is 4. The van der Waals surface area contributed by atoms with Gasteiger partial charge < -0.3 is 20.4 Å². The number of alkyl halides is 2. The number of rotatable bonds is 5. The fourth-order valence-electron chi connectivity index (χ4n) is 6.71. The number of anilines is 4. The molecule has 4 fully saturated rings. The first-order valence-corrected chi connectivity index (χ1v) is 12.6. The summed E-state index contributed by atoms with van der Waals surface area (Å²) < 4.78 is 27.4. The highest BCUT2D eigenvalue weighted by Gasteiger charge is 2.54. The summed E-state index contributed by atoms with van der Waals surface area (Å²) in [6.45, 7) is 11.1. The van der Waals surface area contributed by atoms with Crippen LogP contribution >= 0.6 is 0 Å². The summed E-state index contributed by atoms with van der Waals surface area (Å²) in [5.41, 5.74) is 1.78. The standard InChI is InChI=1S/C25H34F2N8/c1-13-6-18(30-12-29-13)34-9-16-14(2)17(10-34)20(16)31-23-32-21(28-5)19-22(33-23)35(11-24(19,3)4)15-7-25(26,27)8-15/h6,12,14-17,20H,7-11H2,1-5H3,(H2,28,31,32,33). The maximum Gasteiger partial charge on any atom is 0.252 e. The molecule has 2 unspecified atom stereocenters. The van der Waals surface area contributed by atoms with E-state index in [0.717, 1.165) is 41.8 Å². The SMILES string of the molecule is CNc1nc(NC2C3CN(c4cc(C)ncn4)CC2C3C)nc2c1C(C)(C)CN2C1CC(F)(F)C1. The fourth-order valence-corrected chi connectivity index (χ4v) is 6.71. The minimum Gasteiger partial charge on any atom is -0.373 e. The van der Waals surface area contributed by atoms with Crippen molar-refractivity contribution in [3.05, 3.63) is 23.7 Å². The number of piperidine rings is 2. The molecule has 3 aliphatic heterocycles. The second-order valence-electron chi connectivity index (χ2n) is 11.6. The molecule has 188 valence electrons. The number of hydrogen-bond acceptors (Lipinski definition) is 8. The molecule has 2 bridgehead atoms. The molecular weight excluding hydrogens is 450 g/mol. The molecule has 2 N–H and O–H groups in total. The van der Waals surface area contributed by atoms with Gasteiger partial charge in [-0.25, -0.2) is 18.7 Å². The molecule has 35 heavy (non-hydrogen) atoms. The molecule has 0 radical (unpaired) electrons. The first-order chi connectivity index (χ1) is 16.6. The molecule has 0 aromatic carbocycles. The molecule has 2 aromatic heterocycles. The zero-order valence-electron chi connectivity index (χ0n) is 21.0. The second-order valence-corrected chi connectivity index (χ2v) is 11.6. The Labute approximate surface area is 204 Å². The predicted octanol–water partition coefficient (Wildman–Crippen LogP) is 3.69. The molecule has 2 atom stereocenters. The highest BCUT2D eigenvalue weighted by Crippen LogP contribution is 2.51. The normalized spacial score (nSPS) is 30.4. The van der Waals surface area contributed by atoms with Crippen LogP contribution in [0.3, 0.4) is 0 Å². The number of fused-ring (bicyclic) bond motifs is 3. The van der Waals surface area contributed by atoms with Crippen LogP contribution < -0.4 is 20.4 Å². The van der Waals surface area contributed by atoms with Gasteiger partial charge in [-0.1, -0.05) is 20.8 Å². The maximum atomic E-state index is 13.7. The van der Waals surface area contributed by atoms with Gasteiger partial charge >= 0.3 is 0 Å². The second kappa shape index (κ2) is 7.61. The Balaban J connectivity index is 1.25. The van der Waals surface area contributed by atoms with Gasteiger partial charge in [0, 0.05) is 86.2 Å². The van der Waals surface area contributed by atoms with Gasteiger partial charge in [0.25, 0.3) is 5.92 Å². The Kier molecular flexibility index (Phi) is 4.93. The average Bonchev–Trinajstić information content (AvgIpc) is 3.08. The van der Waals surface area contributed by atoms with E-state index in [4.69, 9.17) is 9.97 Å². The third-order valence-corrected chi connectivity index (χ3v) is 8.70. The van der Waals surface area contributed by atoms with Crippen molar-refractivity contribution in [1.82, 2.24) is 19.9 Å². The molecule has 2 saturated heterocycles. The van der Waals surface area contributed by atoms with Crippen molar-refractivity contribution in [2.24, 2.45) is 17.8 Å². The van der Waals surface area contributed by atoms with E-state index >= 15 is 0 Å². The number of aryl methyl sites for hydroxylation is 1. The zero-order valence-corrected chi connectivity index (χ0v) is 21.0. The molecule has 2 aliphatic carbocycles. The van der Waals surface area contributed by atoms with Crippen molar-refractivity contribution >= 4 is 23.4 Å². The van der Waals surface area contributed by atoms with Gasteiger partial charge in [-0.2, -0.15) is 9.97 Å². The lowest BCUT2D eigenvalue weighted by atomic mass is 9.58. The highest BCUT2D eigenvalue weighted by atomic mass is 19.3. The van der Waals surface area contributed by atoms with Crippen molar-refractivity contribution in [1.29, 1.82) is 0 Å². The number of halogens is 2. The van der Waals surface area contributed by atoms with Gasteiger partial charge in [-0.05, 0) is 12.8 Å². The van der Waals surface area contributed by atoms with Gasteiger partial charge in [0.2, 0.25) is 5.95 Å². The van der Waals surface area contributed by atoms with Crippen LogP contribution in [0.25, 0.3) is 0 Å². The van der Waals surface area contributed by atoms with E-state index in [1.807, 2.05) is 20.0 Å². The van der Waals surface area contributed by atoms with Crippen molar-refractivity contribution in [2.75, 3.05) is 47.1 Å². The molecule has 2 saturated carbocycles. The Morgan fingerprint density at radius 2 is 1.80 bits per heavy atom. The average molecular weight is 485 g/mol. The molecule has 2 aromatic rings. The highest BCUT2D eigenvalue weighted by molar-refractivity contribution is 5.70. The van der Waals surface area contributed by atoms with Crippen molar-refractivity contribution in [3.8, 4) is 0 Å². The monoisotopic (exact) mass is 484 g/mol. The van der Waals surface area contributed by atoms with E-state index < -0.39 is 5.92 Å². The lowest BCUT2D eigenvalue weighted by molar-refractivity contribution is -0.0859. The number of nitrogens with one attached hydrogen (secondary N) is 2. The van der Waals surface area contributed by atoms with Crippen LogP contribution in [-0.4, -0.2) is 64.6 Å². The smallest absolute Gasteiger partial charge is 0.252 e. The van der Waals surface area contributed by atoms with Gasteiger partial charge in [0.1, 0.15) is 23.8 Å². The minimum absolute atomic E-state index is 0.104. The van der Waals surface area contributed by atoms with E-state index in [-0.39, 0.29) is 30.3 Å². The van der Waals surface area contributed by atoms with Crippen LogP contribution in [-0.2, 0) is 5.41 Å². The Morgan fingerprint density at radius 3 is 2.43 bits per heavy atom. The lowest BCUT2D eigenvalue weighted by Crippen LogP contribution is -2.66. The lowest BCUT2D eigenvalue weighted by Gasteiger charge is -2.58. The summed E-state index contributed by atoms with van der Waals surface area (Å²) in [6, 6.07) is 2.15. The minimum atomic E-state index is -2.56. The van der Waals surface area contributed by atoms with E-state index in [1.54, 1.807) is 6.33 Å². The summed E-state index contributed by atoms with van der Waals surface area (Å²) in [4.78, 5) is 22.9. The van der Waals surface area contributed by atoms with Crippen LogP contribution in [0.1, 0.15) is 44.9 Å². The summed E-state index contributed by atoms with van der Waals surface area (Å²) >= 11 is 0. The molecule has 0 spiro atoms. The Morgan fingerprint density at radius 1 is 1.09 bits per heavy atom. The maximum absolute atomic E-state index is 13.7. The van der Waals surface area contributed by atoms with E-state index in [2.05, 4.69) is 51.2 Å². The molecule has 8 nitrogen and oxygen atoms in total. The van der Waals surface area contributed by atoms with E-state index in [0.29, 0.717) is 30.2 Å². The number of nitrogens with zero attached hydrogens (tertiary/aromatic N) is 6. The van der Waals surface area contributed by atoms with Crippen LogP contribution in [0.2, 0.25) is 0 Å². The third kappa shape index (κ3) is 3.59. The summed E-state index contributed by atoms with van der Waals surface area (Å²) in [5, 5.41) is 6.89. The van der Waals surface area contributed by atoms with Crippen LogP contribution in [0, 0.1) is 24.7 Å². The van der Waals surface area contributed by atoms with Crippen molar-refractivity contribution in [2.45, 2.75) is 64.0 Å². The fraction of sp³-hybridized carbons (Fsp3) is 0.680. The van der Waals surface area contributed by atoms with Crippen LogP contribution in [0.15, 0.2) is 12.4 Å². The van der Waals surface area contributed by atoms with Crippen molar-refractivity contribution in [3.63, 3.8) is 0 Å². The van der Waals surface area contributed by atoms with E-state index in [1.165, 1.54) is 0 Å². The van der Waals surface area contributed by atoms with Gasteiger partial charge in [0.15, 0.2) is 0 Å². The molecule has 10 heteroatoms. The molecule has 5 aliphatic rings. The van der Waals surface area contributed by atoms with Crippen molar-refractivity contribution < 1.29 is 8.78 Å². The van der Waals surface area contributed by atoms with Crippen LogP contribution in [0.4, 0.5) is 32.2 Å². The summed E-state index contributed by atoms with van der Waals surface area (Å²) in [6.07, 6.45) is 1.42. The topological polar surface area (TPSA) is 82.1 Å². The van der Waals surface area contributed by atoms with Gasteiger partial charge in [0.05, 0.1) is 0 Å².